The van der Waals surface area contributed by atoms with Crippen LogP contribution in [0.5, 0.6) is 0 Å². The molecule has 0 saturated carbocycles. The van der Waals surface area contributed by atoms with Gasteiger partial charge in [-0.2, -0.15) is 0 Å². The van der Waals surface area contributed by atoms with Gasteiger partial charge >= 0.3 is 0 Å². The van der Waals surface area contributed by atoms with E-state index in [0.717, 1.165) is 44.5 Å². The highest BCUT2D eigenvalue weighted by Crippen LogP contribution is 2.22. The van der Waals surface area contributed by atoms with Gasteiger partial charge in [0.25, 0.3) is 0 Å². The van der Waals surface area contributed by atoms with Gasteiger partial charge in [0.15, 0.2) is 0 Å². The summed E-state index contributed by atoms with van der Waals surface area (Å²) in [6.07, 6.45) is 3.99. The van der Waals surface area contributed by atoms with Crippen LogP contribution in [-0.4, -0.2) is 30.4 Å². The van der Waals surface area contributed by atoms with E-state index in [1.165, 1.54) is 11.1 Å². The summed E-state index contributed by atoms with van der Waals surface area (Å²) in [5.41, 5.74) is 3.74. The number of benzene rings is 1. The molecule has 21 heavy (non-hydrogen) atoms. The average molecular weight is 290 g/mol. The molecule has 1 N–H and O–H groups in total. The van der Waals surface area contributed by atoms with Gasteiger partial charge in [-0.25, -0.2) is 0 Å². The lowest BCUT2D eigenvalue weighted by atomic mass is 10.0. The zero-order chi connectivity index (χ0) is 15.7. The molecule has 0 fully saturated rings. The molecule has 1 rings (SSSR count). The Morgan fingerprint density at radius 2 is 1.52 bits per heavy atom. The van der Waals surface area contributed by atoms with Gasteiger partial charge in [0.05, 0.1) is 6.54 Å². The molecule has 0 unspecified atom stereocenters. The monoisotopic (exact) mass is 290 g/mol. The van der Waals surface area contributed by atoms with Gasteiger partial charge in [0.2, 0.25) is 5.91 Å². The van der Waals surface area contributed by atoms with Crippen molar-refractivity contribution in [2.45, 2.75) is 53.4 Å². The Morgan fingerprint density at radius 1 is 1.00 bits per heavy atom. The van der Waals surface area contributed by atoms with Crippen molar-refractivity contribution in [3.63, 3.8) is 0 Å². The molecule has 0 heterocycles. The largest absolute Gasteiger partial charge is 0.376 e. The zero-order valence-electron chi connectivity index (χ0n) is 14.0. The summed E-state index contributed by atoms with van der Waals surface area (Å²) in [6, 6.07) is 6.38. The first-order valence-corrected chi connectivity index (χ1v) is 8.30. The predicted octanol–water partition coefficient (Wildman–Crippen LogP) is 3.87. The molecule has 3 heteroatoms. The number of hydrogen-bond acceptors (Lipinski definition) is 2. The first-order valence-electron chi connectivity index (χ1n) is 8.30. The van der Waals surface area contributed by atoms with E-state index in [-0.39, 0.29) is 5.91 Å². The summed E-state index contributed by atoms with van der Waals surface area (Å²) in [5, 5.41) is 3.39. The van der Waals surface area contributed by atoms with E-state index in [1.807, 2.05) is 4.90 Å². The Balaban J connectivity index is 2.75. The van der Waals surface area contributed by atoms with E-state index in [1.54, 1.807) is 0 Å². The third-order valence-corrected chi connectivity index (χ3v) is 3.75. The molecule has 0 aliphatic heterocycles. The molecule has 1 amide bonds. The lowest BCUT2D eigenvalue weighted by Gasteiger charge is -2.23. The molecule has 0 spiro atoms. The third kappa shape index (κ3) is 5.07. The quantitative estimate of drug-likeness (QED) is 0.748. The fraction of sp³-hybridized carbons (Fsp3) is 0.611. The van der Waals surface area contributed by atoms with Crippen LogP contribution in [0.1, 0.15) is 51.7 Å². The molecule has 0 saturated heterocycles. The highest BCUT2D eigenvalue weighted by Gasteiger charge is 2.13. The smallest absolute Gasteiger partial charge is 0.241 e. The first kappa shape index (κ1) is 17.5. The van der Waals surface area contributed by atoms with E-state index in [2.05, 4.69) is 51.2 Å². The summed E-state index contributed by atoms with van der Waals surface area (Å²) in [7, 11) is 0. The number of aryl methyl sites for hydroxylation is 2. The van der Waals surface area contributed by atoms with Gasteiger partial charge < -0.3 is 10.2 Å². The van der Waals surface area contributed by atoms with Crippen LogP contribution in [0.25, 0.3) is 0 Å². The average Bonchev–Trinajstić information content (AvgIpc) is 2.51. The number of rotatable bonds is 9. The zero-order valence-corrected chi connectivity index (χ0v) is 14.0. The van der Waals surface area contributed by atoms with E-state index in [4.69, 9.17) is 0 Å². The maximum atomic E-state index is 12.4. The summed E-state index contributed by atoms with van der Waals surface area (Å²) in [5.74, 6) is 0.201. The van der Waals surface area contributed by atoms with Crippen LogP contribution < -0.4 is 5.32 Å². The summed E-state index contributed by atoms with van der Waals surface area (Å²) < 4.78 is 0. The van der Waals surface area contributed by atoms with Crippen LogP contribution in [-0.2, 0) is 17.6 Å². The van der Waals surface area contributed by atoms with Crippen LogP contribution in [0, 0.1) is 0 Å². The van der Waals surface area contributed by atoms with E-state index >= 15 is 0 Å². The highest BCUT2D eigenvalue weighted by molar-refractivity contribution is 5.81. The Kier molecular flexibility index (Phi) is 7.88. The number of amides is 1. The number of nitrogens with one attached hydrogen (secondary N) is 1. The van der Waals surface area contributed by atoms with Crippen LogP contribution in [0.15, 0.2) is 18.2 Å². The number of carbonyl (C=O) groups excluding carboxylic acids is 1. The van der Waals surface area contributed by atoms with Crippen molar-refractivity contribution in [1.29, 1.82) is 0 Å². The lowest BCUT2D eigenvalue weighted by Crippen LogP contribution is -2.36. The van der Waals surface area contributed by atoms with Crippen LogP contribution in [0.2, 0.25) is 0 Å². The molecule has 1 aromatic carbocycles. The molecule has 0 aliphatic rings. The molecule has 0 atom stereocenters. The molecule has 1 aromatic rings. The van der Waals surface area contributed by atoms with Crippen molar-refractivity contribution in [1.82, 2.24) is 4.90 Å². The fourth-order valence-corrected chi connectivity index (χ4v) is 2.65. The van der Waals surface area contributed by atoms with Gasteiger partial charge in [0.1, 0.15) is 0 Å². The normalized spacial score (nSPS) is 10.5. The maximum Gasteiger partial charge on any atom is 0.241 e. The molecule has 0 aliphatic carbocycles. The number of anilines is 1. The second-order valence-corrected chi connectivity index (χ2v) is 5.39. The first-order chi connectivity index (χ1) is 10.2. The van der Waals surface area contributed by atoms with Gasteiger partial charge in [-0.3, -0.25) is 4.79 Å². The minimum atomic E-state index is 0.201. The van der Waals surface area contributed by atoms with Gasteiger partial charge in [-0.1, -0.05) is 45.9 Å². The lowest BCUT2D eigenvalue weighted by molar-refractivity contribution is -0.129. The Bertz CT molecular complexity index is 415. The van der Waals surface area contributed by atoms with Crippen molar-refractivity contribution >= 4 is 11.6 Å². The second kappa shape index (κ2) is 9.43. The minimum absolute atomic E-state index is 0.201. The summed E-state index contributed by atoms with van der Waals surface area (Å²) >= 11 is 0. The number of para-hydroxylation sites is 1. The number of carbonyl (C=O) groups is 1. The van der Waals surface area contributed by atoms with Crippen molar-refractivity contribution in [2.75, 3.05) is 25.0 Å². The maximum absolute atomic E-state index is 12.4. The van der Waals surface area contributed by atoms with Crippen LogP contribution in [0.3, 0.4) is 0 Å². The van der Waals surface area contributed by atoms with Crippen molar-refractivity contribution in [3.05, 3.63) is 29.3 Å². The van der Waals surface area contributed by atoms with E-state index in [9.17, 15) is 4.79 Å². The number of nitrogens with zero attached hydrogens (tertiary/aromatic N) is 1. The Labute approximate surface area is 129 Å². The second-order valence-electron chi connectivity index (χ2n) is 5.39. The molecule has 0 aromatic heterocycles. The summed E-state index contributed by atoms with van der Waals surface area (Å²) in [4.78, 5) is 14.3. The molecular weight excluding hydrogens is 260 g/mol. The molecule has 0 radical (unpaired) electrons. The third-order valence-electron chi connectivity index (χ3n) is 3.75. The van der Waals surface area contributed by atoms with E-state index in [0.29, 0.717) is 6.54 Å². The van der Waals surface area contributed by atoms with Crippen LogP contribution in [0.4, 0.5) is 5.69 Å². The van der Waals surface area contributed by atoms with Crippen LogP contribution >= 0.6 is 0 Å². The van der Waals surface area contributed by atoms with Gasteiger partial charge in [-0.05, 0) is 36.8 Å². The van der Waals surface area contributed by atoms with Gasteiger partial charge in [-0.15, -0.1) is 0 Å². The molecule has 118 valence electrons. The Morgan fingerprint density at radius 3 is 1.95 bits per heavy atom. The highest BCUT2D eigenvalue weighted by atomic mass is 16.2. The fourth-order valence-electron chi connectivity index (χ4n) is 2.65. The van der Waals surface area contributed by atoms with Crippen molar-refractivity contribution in [3.8, 4) is 0 Å². The molecule has 3 nitrogen and oxygen atoms in total. The Hall–Kier alpha value is -1.51. The standard InChI is InChI=1S/C18H30N2O/c1-5-12-20(13-6-2)17(21)14-19-18-15(7-3)10-9-11-16(18)8-4/h9-11,19H,5-8,12-14H2,1-4H3. The molecular formula is C18H30N2O. The van der Waals surface area contributed by atoms with Crippen molar-refractivity contribution in [2.24, 2.45) is 0 Å². The molecule has 0 bridgehead atoms. The van der Waals surface area contributed by atoms with E-state index < -0.39 is 0 Å². The summed E-state index contributed by atoms with van der Waals surface area (Å²) in [6.45, 7) is 10.6. The van der Waals surface area contributed by atoms with Gasteiger partial charge in [0, 0.05) is 18.8 Å². The van der Waals surface area contributed by atoms with Crippen molar-refractivity contribution < 1.29 is 4.79 Å². The number of hydrogen-bond donors (Lipinski definition) is 1. The predicted molar refractivity (Wildman–Crippen MR) is 90.8 cm³/mol. The topological polar surface area (TPSA) is 32.3 Å². The SMILES string of the molecule is CCCN(CCC)C(=O)CNc1c(CC)cccc1CC. The minimum Gasteiger partial charge on any atom is -0.376 e.